The monoisotopic (exact) mass is 310 g/mol. The molecule has 2 rings (SSSR count). The zero-order valence-corrected chi connectivity index (χ0v) is 11.4. The Morgan fingerprint density at radius 1 is 1.25 bits per heavy atom. The molecule has 0 aliphatic carbocycles. The topological polar surface area (TPSA) is 15.3 Å². The molecular weight excluding hydrogens is 296 g/mol. The standard InChI is InChI=1S/C13H15ClF4N2/c14-11-7-10(1-2-12(11)15)19-9-3-5-20(6-4-9)8-13(16,17)18/h1-2,7,9,19H,3-6,8H2. The number of alkyl halides is 3. The first-order valence-electron chi connectivity index (χ1n) is 6.34. The lowest BCUT2D eigenvalue weighted by atomic mass is 10.0. The lowest BCUT2D eigenvalue weighted by molar-refractivity contribution is -0.147. The van der Waals surface area contributed by atoms with Gasteiger partial charge in [0.05, 0.1) is 11.6 Å². The minimum atomic E-state index is -4.15. The lowest BCUT2D eigenvalue weighted by Crippen LogP contribution is -2.43. The average Bonchev–Trinajstić information content (AvgIpc) is 2.35. The molecule has 0 amide bonds. The zero-order valence-electron chi connectivity index (χ0n) is 10.7. The van der Waals surface area contributed by atoms with E-state index < -0.39 is 18.5 Å². The summed E-state index contributed by atoms with van der Waals surface area (Å²) >= 11 is 5.68. The Morgan fingerprint density at radius 2 is 1.90 bits per heavy atom. The van der Waals surface area contributed by atoms with E-state index >= 15 is 0 Å². The van der Waals surface area contributed by atoms with Crippen molar-refractivity contribution < 1.29 is 17.6 Å². The number of piperidine rings is 1. The zero-order chi connectivity index (χ0) is 14.8. The first-order chi connectivity index (χ1) is 9.33. The molecule has 7 heteroatoms. The highest BCUT2D eigenvalue weighted by Crippen LogP contribution is 2.24. The molecule has 0 unspecified atom stereocenters. The Balaban J connectivity index is 1.83. The Bertz CT molecular complexity index is 456. The smallest absolute Gasteiger partial charge is 0.382 e. The van der Waals surface area contributed by atoms with Gasteiger partial charge in [-0.2, -0.15) is 13.2 Å². The molecule has 0 spiro atoms. The van der Waals surface area contributed by atoms with Crippen LogP contribution in [0.1, 0.15) is 12.8 Å². The molecule has 1 fully saturated rings. The van der Waals surface area contributed by atoms with Gasteiger partial charge in [0.25, 0.3) is 0 Å². The van der Waals surface area contributed by atoms with E-state index in [1.165, 1.54) is 17.0 Å². The molecule has 1 N–H and O–H groups in total. The van der Waals surface area contributed by atoms with Crippen molar-refractivity contribution in [3.8, 4) is 0 Å². The third kappa shape index (κ3) is 4.52. The second-order valence-electron chi connectivity index (χ2n) is 4.94. The maximum Gasteiger partial charge on any atom is 0.401 e. The molecule has 1 aliphatic rings. The van der Waals surface area contributed by atoms with E-state index in [0.717, 1.165) is 0 Å². The van der Waals surface area contributed by atoms with E-state index in [1.807, 2.05) is 0 Å². The Kier molecular flexibility index (Phi) is 4.75. The van der Waals surface area contributed by atoms with Crippen molar-refractivity contribution in [3.63, 3.8) is 0 Å². The van der Waals surface area contributed by atoms with Crippen molar-refractivity contribution in [2.45, 2.75) is 25.1 Å². The summed E-state index contributed by atoms with van der Waals surface area (Å²) in [5.41, 5.74) is 0.686. The SMILES string of the molecule is Fc1ccc(NC2CCN(CC(F)(F)F)CC2)cc1Cl. The van der Waals surface area contributed by atoms with Crippen molar-refractivity contribution in [3.05, 3.63) is 29.0 Å². The van der Waals surface area contributed by atoms with E-state index in [4.69, 9.17) is 11.6 Å². The molecule has 1 aromatic rings. The van der Waals surface area contributed by atoms with E-state index in [-0.39, 0.29) is 11.1 Å². The molecule has 20 heavy (non-hydrogen) atoms. The number of nitrogens with zero attached hydrogens (tertiary/aromatic N) is 1. The average molecular weight is 311 g/mol. The van der Waals surface area contributed by atoms with Crippen LogP contribution in [0.4, 0.5) is 23.2 Å². The summed E-state index contributed by atoms with van der Waals surface area (Å²) in [5.74, 6) is -0.489. The lowest BCUT2D eigenvalue weighted by Gasteiger charge is -2.33. The van der Waals surface area contributed by atoms with Gasteiger partial charge in [-0.3, -0.25) is 4.90 Å². The fraction of sp³-hybridized carbons (Fsp3) is 0.538. The minimum absolute atomic E-state index is 0.0320. The quantitative estimate of drug-likeness (QED) is 0.851. The first-order valence-corrected chi connectivity index (χ1v) is 6.72. The van der Waals surface area contributed by atoms with Gasteiger partial charge in [0.15, 0.2) is 0 Å². The highest BCUT2D eigenvalue weighted by molar-refractivity contribution is 6.31. The van der Waals surface area contributed by atoms with Crippen LogP contribution in [-0.2, 0) is 0 Å². The molecule has 0 bridgehead atoms. The third-order valence-electron chi connectivity index (χ3n) is 3.28. The molecule has 1 heterocycles. The molecule has 0 aromatic heterocycles. The molecule has 1 saturated heterocycles. The number of likely N-dealkylation sites (tertiary alicyclic amines) is 1. The fourth-order valence-corrected chi connectivity index (χ4v) is 2.49. The van der Waals surface area contributed by atoms with Crippen molar-refractivity contribution in [1.82, 2.24) is 4.90 Å². The summed E-state index contributed by atoms with van der Waals surface area (Å²) < 4.78 is 49.8. The maximum absolute atomic E-state index is 13.0. The van der Waals surface area contributed by atoms with Crippen LogP contribution in [0.25, 0.3) is 0 Å². The highest BCUT2D eigenvalue weighted by atomic mass is 35.5. The van der Waals surface area contributed by atoms with Crippen LogP contribution in [0.5, 0.6) is 0 Å². The second kappa shape index (κ2) is 6.18. The van der Waals surface area contributed by atoms with Crippen LogP contribution >= 0.6 is 11.6 Å². The van der Waals surface area contributed by atoms with Crippen molar-refractivity contribution >= 4 is 17.3 Å². The number of benzene rings is 1. The Morgan fingerprint density at radius 3 is 2.45 bits per heavy atom. The number of hydrogen-bond donors (Lipinski definition) is 1. The first kappa shape index (κ1) is 15.4. The maximum atomic E-state index is 13.0. The molecule has 112 valence electrons. The van der Waals surface area contributed by atoms with Gasteiger partial charge in [-0.25, -0.2) is 4.39 Å². The van der Waals surface area contributed by atoms with Crippen LogP contribution < -0.4 is 5.32 Å². The van der Waals surface area contributed by atoms with Crippen LogP contribution in [0.3, 0.4) is 0 Å². The van der Waals surface area contributed by atoms with Gasteiger partial charge >= 0.3 is 6.18 Å². The van der Waals surface area contributed by atoms with Gasteiger partial charge in [0.2, 0.25) is 0 Å². The minimum Gasteiger partial charge on any atom is -0.382 e. The molecule has 0 atom stereocenters. The largest absolute Gasteiger partial charge is 0.401 e. The molecular formula is C13H15ClF4N2. The van der Waals surface area contributed by atoms with Gasteiger partial charge < -0.3 is 5.32 Å². The van der Waals surface area contributed by atoms with Crippen LogP contribution in [0.15, 0.2) is 18.2 Å². The van der Waals surface area contributed by atoms with Crippen LogP contribution in [-0.4, -0.2) is 36.8 Å². The van der Waals surface area contributed by atoms with Crippen molar-refractivity contribution in [1.29, 1.82) is 0 Å². The summed E-state index contributed by atoms with van der Waals surface area (Å²) in [6.07, 6.45) is -2.92. The summed E-state index contributed by atoms with van der Waals surface area (Å²) in [5, 5.41) is 3.21. The molecule has 0 radical (unpaired) electrons. The van der Waals surface area contributed by atoms with Crippen LogP contribution in [0, 0.1) is 5.82 Å². The summed E-state index contributed by atoms with van der Waals surface area (Å²) in [4.78, 5) is 1.40. The normalized spacial score (nSPS) is 18.2. The summed E-state index contributed by atoms with van der Waals surface area (Å²) in [6.45, 7) is -0.0691. The van der Waals surface area contributed by atoms with E-state index in [9.17, 15) is 17.6 Å². The van der Waals surface area contributed by atoms with Gasteiger partial charge in [0, 0.05) is 24.8 Å². The summed E-state index contributed by atoms with van der Waals surface area (Å²) in [6, 6.07) is 4.41. The summed E-state index contributed by atoms with van der Waals surface area (Å²) in [7, 11) is 0. The van der Waals surface area contributed by atoms with E-state index in [2.05, 4.69) is 5.32 Å². The van der Waals surface area contributed by atoms with E-state index in [0.29, 0.717) is 31.6 Å². The number of halogens is 5. The van der Waals surface area contributed by atoms with Crippen molar-refractivity contribution in [2.75, 3.05) is 25.0 Å². The third-order valence-corrected chi connectivity index (χ3v) is 3.57. The molecule has 0 saturated carbocycles. The molecule has 1 aromatic carbocycles. The van der Waals surface area contributed by atoms with Gasteiger partial charge in [-0.15, -0.1) is 0 Å². The number of hydrogen-bond acceptors (Lipinski definition) is 2. The van der Waals surface area contributed by atoms with Crippen LogP contribution in [0.2, 0.25) is 5.02 Å². The predicted molar refractivity (Wildman–Crippen MR) is 70.5 cm³/mol. The number of anilines is 1. The molecule has 2 nitrogen and oxygen atoms in total. The Labute approximate surface area is 119 Å². The number of rotatable bonds is 3. The fourth-order valence-electron chi connectivity index (χ4n) is 2.31. The molecule has 1 aliphatic heterocycles. The second-order valence-corrected chi connectivity index (χ2v) is 5.35. The predicted octanol–water partition coefficient (Wildman–Crippen LogP) is 3.92. The van der Waals surface area contributed by atoms with E-state index in [1.54, 1.807) is 6.07 Å². The van der Waals surface area contributed by atoms with Gasteiger partial charge in [-0.1, -0.05) is 11.6 Å². The highest BCUT2D eigenvalue weighted by Gasteiger charge is 2.32. The van der Waals surface area contributed by atoms with Gasteiger partial charge in [-0.05, 0) is 31.0 Å². The van der Waals surface area contributed by atoms with Gasteiger partial charge in [0.1, 0.15) is 5.82 Å². The number of nitrogens with one attached hydrogen (secondary N) is 1. The van der Waals surface area contributed by atoms with Crippen molar-refractivity contribution in [2.24, 2.45) is 0 Å². The Hall–Kier alpha value is -1.01.